The number of piperidine rings is 1. The SMILES string of the molecule is CCCN1CCC(N2CC3CN(C(=O)c4ccncc4)CC32)CC1. The molecule has 130 valence electrons. The average Bonchev–Trinajstić information content (AvgIpc) is 2.94. The van der Waals surface area contributed by atoms with Gasteiger partial charge < -0.3 is 9.80 Å². The summed E-state index contributed by atoms with van der Waals surface area (Å²) in [6.45, 7) is 9.01. The van der Waals surface area contributed by atoms with Gasteiger partial charge in [0.1, 0.15) is 0 Å². The van der Waals surface area contributed by atoms with E-state index in [0.717, 1.165) is 24.7 Å². The summed E-state index contributed by atoms with van der Waals surface area (Å²) in [6.07, 6.45) is 7.25. The summed E-state index contributed by atoms with van der Waals surface area (Å²) >= 11 is 0. The molecule has 0 bridgehead atoms. The van der Waals surface area contributed by atoms with E-state index in [-0.39, 0.29) is 5.91 Å². The van der Waals surface area contributed by atoms with Crippen LogP contribution in [0.4, 0.5) is 0 Å². The van der Waals surface area contributed by atoms with Gasteiger partial charge in [0, 0.05) is 55.6 Å². The number of carbonyl (C=O) groups excluding carboxylic acids is 1. The van der Waals surface area contributed by atoms with Gasteiger partial charge in [0.25, 0.3) is 5.91 Å². The first-order valence-corrected chi connectivity index (χ1v) is 9.43. The smallest absolute Gasteiger partial charge is 0.254 e. The Labute approximate surface area is 144 Å². The van der Waals surface area contributed by atoms with E-state index >= 15 is 0 Å². The zero-order valence-electron chi connectivity index (χ0n) is 14.6. The lowest BCUT2D eigenvalue weighted by molar-refractivity contribution is -0.0168. The molecule has 0 radical (unpaired) electrons. The normalized spacial score (nSPS) is 28.6. The Hall–Kier alpha value is -1.46. The van der Waals surface area contributed by atoms with E-state index < -0.39 is 0 Å². The van der Waals surface area contributed by atoms with Gasteiger partial charge in [-0.15, -0.1) is 0 Å². The van der Waals surface area contributed by atoms with Crippen molar-refractivity contribution in [3.8, 4) is 0 Å². The Bertz CT molecular complexity index is 570. The van der Waals surface area contributed by atoms with Crippen LogP contribution in [-0.4, -0.2) is 76.9 Å². The lowest BCUT2D eigenvalue weighted by Gasteiger charge is -2.50. The second kappa shape index (κ2) is 6.81. The van der Waals surface area contributed by atoms with Gasteiger partial charge in [-0.05, 0) is 51.0 Å². The van der Waals surface area contributed by atoms with Crippen molar-refractivity contribution >= 4 is 5.91 Å². The summed E-state index contributed by atoms with van der Waals surface area (Å²) in [4.78, 5) is 24.0. The van der Waals surface area contributed by atoms with Crippen LogP contribution in [0.15, 0.2) is 24.5 Å². The maximum Gasteiger partial charge on any atom is 0.254 e. The number of rotatable bonds is 4. The molecule has 0 aromatic carbocycles. The third-order valence-electron chi connectivity index (χ3n) is 6.06. The van der Waals surface area contributed by atoms with Crippen molar-refractivity contribution in [2.45, 2.75) is 38.3 Å². The quantitative estimate of drug-likeness (QED) is 0.844. The number of hydrogen-bond donors (Lipinski definition) is 0. The van der Waals surface area contributed by atoms with E-state index in [4.69, 9.17) is 0 Å². The van der Waals surface area contributed by atoms with E-state index in [1.807, 2.05) is 12.1 Å². The molecule has 0 saturated carbocycles. The van der Waals surface area contributed by atoms with Gasteiger partial charge in [-0.25, -0.2) is 0 Å². The van der Waals surface area contributed by atoms with Crippen LogP contribution in [0, 0.1) is 5.92 Å². The van der Waals surface area contributed by atoms with Crippen LogP contribution in [0.25, 0.3) is 0 Å². The highest BCUT2D eigenvalue weighted by Gasteiger charge is 2.49. The number of likely N-dealkylation sites (tertiary alicyclic amines) is 3. The minimum absolute atomic E-state index is 0.171. The molecule has 0 N–H and O–H groups in total. The Balaban J connectivity index is 1.32. The van der Waals surface area contributed by atoms with Crippen LogP contribution in [-0.2, 0) is 0 Å². The molecule has 2 atom stereocenters. The Morgan fingerprint density at radius 3 is 2.62 bits per heavy atom. The molecular formula is C19H28N4O. The molecule has 4 rings (SSSR count). The number of aromatic nitrogens is 1. The van der Waals surface area contributed by atoms with Crippen molar-refractivity contribution < 1.29 is 4.79 Å². The summed E-state index contributed by atoms with van der Waals surface area (Å²) in [5, 5.41) is 0. The fourth-order valence-corrected chi connectivity index (χ4v) is 4.73. The Morgan fingerprint density at radius 2 is 1.92 bits per heavy atom. The van der Waals surface area contributed by atoms with Crippen LogP contribution in [0.3, 0.4) is 0 Å². The molecule has 1 aromatic heterocycles. The van der Waals surface area contributed by atoms with Crippen LogP contribution in [0.2, 0.25) is 0 Å². The zero-order valence-corrected chi connectivity index (χ0v) is 14.6. The van der Waals surface area contributed by atoms with Crippen LogP contribution < -0.4 is 0 Å². The first-order valence-electron chi connectivity index (χ1n) is 9.43. The molecule has 0 spiro atoms. The summed E-state index contributed by atoms with van der Waals surface area (Å²) in [5.74, 6) is 0.856. The predicted octanol–water partition coefficient (Wildman–Crippen LogP) is 1.71. The van der Waals surface area contributed by atoms with Gasteiger partial charge in [-0.2, -0.15) is 0 Å². The molecular weight excluding hydrogens is 300 g/mol. The third-order valence-corrected chi connectivity index (χ3v) is 6.06. The van der Waals surface area contributed by atoms with Gasteiger partial charge in [0.05, 0.1) is 0 Å². The molecule has 5 nitrogen and oxygen atoms in total. The van der Waals surface area contributed by atoms with E-state index in [0.29, 0.717) is 12.0 Å². The van der Waals surface area contributed by atoms with Crippen molar-refractivity contribution in [2.75, 3.05) is 39.3 Å². The number of nitrogens with zero attached hydrogens (tertiary/aromatic N) is 4. The van der Waals surface area contributed by atoms with E-state index in [9.17, 15) is 4.79 Å². The number of hydrogen-bond acceptors (Lipinski definition) is 4. The van der Waals surface area contributed by atoms with Crippen molar-refractivity contribution in [3.05, 3.63) is 30.1 Å². The monoisotopic (exact) mass is 328 g/mol. The molecule has 5 heteroatoms. The minimum atomic E-state index is 0.171. The molecule has 24 heavy (non-hydrogen) atoms. The van der Waals surface area contributed by atoms with Gasteiger partial charge in [0.15, 0.2) is 0 Å². The fourth-order valence-electron chi connectivity index (χ4n) is 4.73. The van der Waals surface area contributed by atoms with Gasteiger partial charge in [0.2, 0.25) is 0 Å². The van der Waals surface area contributed by atoms with Crippen molar-refractivity contribution in [1.82, 2.24) is 19.7 Å². The molecule has 3 fully saturated rings. The molecule has 4 heterocycles. The lowest BCUT2D eigenvalue weighted by atomic mass is 9.87. The standard InChI is InChI=1S/C19H28N4O/c1-2-9-21-10-5-17(6-11-21)23-13-16-12-22(14-18(16)23)19(24)15-3-7-20-8-4-15/h3-4,7-8,16-18H,2,5-6,9-14H2,1H3. The molecule has 1 amide bonds. The average molecular weight is 328 g/mol. The number of carbonyl (C=O) groups is 1. The van der Waals surface area contributed by atoms with Gasteiger partial charge in [-0.3, -0.25) is 14.7 Å². The molecule has 1 aromatic rings. The predicted molar refractivity (Wildman–Crippen MR) is 93.9 cm³/mol. The first kappa shape index (κ1) is 16.0. The van der Waals surface area contributed by atoms with Crippen LogP contribution in [0.1, 0.15) is 36.5 Å². The highest BCUT2D eigenvalue weighted by Crippen LogP contribution is 2.37. The first-order chi connectivity index (χ1) is 11.8. The van der Waals surface area contributed by atoms with Crippen LogP contribution >= 0.6 is 0 Å². The number of pyridine rings is 1. The maximum absolute atomic E-state index is 12.6. The number of fused-ring (bicyclic) bond motifs is 1. The molecule has 3 saturated heterocycles. The van der Waals surface area contributed by atoms with E-state index in [1.165, 1.54) is 45.4 Å². The summed E-state index contributed by atoms with van der Waals surface area (Å²) in [6, 6.07) is 4.97. The van der Waals surface area contributed by atoms with Gasteiger partial charge in [-0.1, -0.05) is 6.92 Å². The van der Waals surface area contributed by atoms with Gasteiger partial charge >= 0.3 is 0 Å². The summed E-state index contributed by atoms with van der Waals surface area (Å²) in [7, 11) is 0. The van der Waals surface area contributed by atoms with Crippen molar-refractivity contribution in [2.24, 2.45) is 5.92 Å². The maximum atomic E-state index is 12.6. The molecule has 0 aliphatic carbocycles. The fraction of sp³-hybridized carbons (Fsp3) is 0.684. The third kappa shape index (κ3) is 2.95. The second-order valence-electron chi connectivity index (χ2n) is 7.54. The molecule has 3 aliphatic rings. The highest BCUT2D eigenvalue weighted by molar-refractivity contribution is 5.94. The van der Waals surface area contributed by atoms with E-state index in [2.05, 4.69) is 26.6 Å². The highest BCUT2D eigenvalue weighted by atomic mass is 16.2. The van der Waals surface area contributed by atoms with Crippen molar-refractivity contribution in [3.63, 3.8) is 0 Å². The Morgan fingerprint density at radius 1 is 1.17 bits per heavy atom. The summed E-state index contributed by atoms with van der Waals surface area (Å²) < 4.78 is 0. The summed E-state index contributed by atoms with van der Waals surface area (Å²) in [5.41, 5.74) is 0.769. The van der Waals surface area contributed by atoms with Crippen molar-refractivity contribution in [1.29, 1.82) is 0 Å². The molecule has 2 unspecified atom stereocenters. The second-order valence-corrected chi connectivity index (χ2v) is 7.54. The largest absolute Gasteiger partial charge is 0.337 e. The minimum Gasteiger partial charge on any atom is -0.337 e. The van der Waals surface area contributed by atoms with Crippen LogP contribution in [0.5, 0.6) is 0 Å². The topological polar surface area (TPSA) is 39.7 Å². The number of amides is 1. The zero-order chi connectivity index (χ0) is 16.5. The lowest BCUT2D eigenvalue weighted by Crippen LogP contribution is -2.61. The Kier molecular flexibility index (Phi) is 4.55. The van der Waals surface area contributed by atoms with E-state index in [1.54, 1.807) is 12.4 Å². The molecule has 3 aliphatic heterocycles.